The fraction of sp³-hybridized carbons (Fsp3) is 0.107. The topological polar surface area (TPSA) is 67.8 Å². The number of fused-ring (bicyclic) bond motifs is 1. The van der Waals surface area contributed by atoms with Crippen LogP contribution in [0.5, 0.6) is 5.75 Å². The van der Waals surface area contributed by atoms with E-state index in [9.17, 15) is 9.90 Å². The van der Waals surface area contributed by atoms with Crippen LogP contribution in [-0.2, 0) is 10.5 Å². The van der Waals surface area contributed by atoms with E-state index in [0.717, 1.165) is 28.1 Å². The fourth-order valence-electron chi connectivity index (χ4n) is 4.25. The second kappa shape index (κ2) is 8.11. The van der Waals surface area contributed by atoms with Gasteiger partial charge >= 0.3 is 5.97 Å². The van der Waals surface area contributed by atoms with Gasteiger partial charge in [0.2, 0.25) is 0 Å². The molecule has 1 aliphatic heterocycles. The average molecular weight is 437 g/mol. The summed E-state index contributed by atoms with van der Waals surface area (Å²) in [5.74, 6) is -1.75. The summed E-state index contributed by atoms with van der Waals surface area (Å²) in [6.07, 6.45) is 0. The van der Waals surface area contributed by atoms with E-state index in [0.29, 0.717) is 22.4 Å². The molecule has 4 aromatic carbocycles. The number of hydrogen-bond donors (Lipinski definition) is 2. The van der Waals surface area contributed by atoms with Gasteiger partial charge in [0.25, 0.3) is 5.79 Å². The van der Waals surface area contributed by atoms with Crippen molar-refractivity contribution < 1.29 is 19.4 Å². The smallest absolute Gasteiger partial charge is 0.341 e. The molecule has 2 N–H and O–H groups in total. The second-order valence-corrected chi connectivity index (χ2v) is 8.04. The minimum absolute atomic E-state index is 0.359. The third-order valence-electron chi connectivity index (χ3n) is 5.84. The zero-order chi connectivity index (χ0) is 23.0. The number of carbonyl (C=O) groups is 1. The molecule has 0 saturated heterocycles. The number of cyclic esters (lactones) is 1. The Morgan fingerprint density at radius 3 is 2.42 bits per heavy atom. The molecule has 164 valence electrons. The van der Waals surface area contributed by atoms with Gasteiger partial charge < -0.3 is 19.9 Å². The van der Waals surface area contributed by atoms with E-state index in [1.54, 1.807) is 31.4 Å². The molecule has 1 heterocycles. The highest BCUT2D eigenvalue weighted by Gasteiger charge is 2.47. The van der Waals surface area contributed by atoms with Gasteiger partial charge in [-0.2, -0.15) is 0 Å². The molecule has 0 saturated carbocycles. The lowest BCUT2D eigenvalue weighted by Gasteiger charge is -2.25. The molecule has 1 unspecified atom stereocenters. The van der Waals surface area contributed by atoms with Crippen LogP contribution in [-0.4, -0.2) is 18.2 Å². The molecule has 0 radical (unpaired) electrons. The quantitative estimate of drug-likeness (QED) is 0.388. The summed E-state index contributed by atoms with van der Waals surface area (Å²) in [5, 5.41) is 15.1. The van der Waals surface area contributed by atoms with E-state index < -0.39 is 11.8 Å². The Hall–Kier alpha value is -4.09. The predicted octanol–water partition coefficient (Wildman–Crippen LogP) is 5.78. The van der Waals surface area contributed by atoms with Crippen molar-refractivity contribution in [3.8, 4) is 16.9 Å². The first-order chi connectivity index (χ1) is 16.0. The SMILES string of the molecule is COc1cc(C)ccc1Nc1cccc(C2(O)OC(=O)c3cccc(-c4ccccc4)c32)c1. The highest BCUT2D eigenvalue weighted by molar-refractivity contribution is 5.98. The highest BCUT2D eigenvalue weighted by Crippen LogP contribution is 2.45. The second-order valence-electron chi connectivity index (χ2n) is 8.04. The van der Waals surface area contributed by atoms with Crippen molar-refractivity contribution in [2.75, 3.05) is 12.4 Å². The van der Waals surface area contributed by atoms with Crippen molar-refractivity contribution in [2.45, 2.75) is 12.7 Å². The average Bonchev–Trinajstić information content (AvgIpc) is 3.12. The molecule has 5 heteroatoms. The van der Waals surface area contributed by atoms with Crippen LogP contribution in [0.15, 0.2) is 91.0 Å². The summed E-state index contributed by atoms with van der Waals surface area (Å²) < 4.78 is 11.1. The Morgan fingerprint density at radius 1 is 0.879 bits per heavy atom. The maximum absolute atomic E-state index is 12.7. The van der Waals surface area contributed by atoms with E-state index in [1.165, 1.54) is 0 Å². The normalized spacial score (nSPS) is 16.8. The number of benzene rings is 4. The Labute approximate surface area is 192 Å². The zero-order valence-electron chi connectivity index (χ0n) is 18.3. The Bertz CT molecular complexity index is 1350. The van der Waals surface area contributed by atoms with Crippen LogP contribution in [0.3, 0.4) is 0 Å². The van der Waals surface area contributed by atoms with Crippen LogP contribution in [0.1, 0.15) is 27.0 Å². The summed E-state index contributed by atoms with van der Waals surface area (Å²) in [6.45, 7) is 2.00. The first kappa shape index (κ1) is 20.8. The molecule has 0 spiro atoms. The molecule has 0 fully saturated rings. The molecule has 0 bridgehead atoms. The molecule has 4 aromatic rings. The zero-order valence-corrected chi connectivity index (χ0v) is 18.3. The van der Waals surface area contributed by atoms with E-state index in [1.807, 2.05) is 73.7 Å². The molecule has 5 rings (SSSR count). The van der Waals surface area contributed by atoms with Crippen molar-refractivity contribution in [1.29, 1.82) is 0 Å². The van der Waals surface area contributed by atoms with Crippen molar-refractivity contribution in [3.63, 3.8) is 0 Å². The van der Waals surface area contributed by atoms with Crippen molar-refractivity contribution in [2.24, 2.45) is 0 Å². The Kier molecular flexibility index (Phi) is 5.11. The minimum Gasteiger partial charge on any atom is -0.495 e. The van der Waals surface area contributed by atoms with Gasteiger partial charge in [-0.15, -0.1) is 0 Å². The van der Waals surface area contributed by atoms with Gasteiger partial charge in [0, 0.05) is 11.3 Å². The van der Waals surface area contributed by atoms with Gasteiger partial charge in [-0.1, -0.05) is 60.7 Å². The third kappa shape index (κ3) is 3.62. The summed E-state index contributed by atoms with van der Waals surface area (Å²) in [5.41, 5.74) is 5.51. The van der Waals surface area contributed by atoms with Crippen LogP contribution in [0.2, 0.25) is 0 Å². The lowest BCUT2D eigenvalue weighted by atomic mass is 9.88. The first-order valence-corrected chi connectivity index (χ1v) is 10.7. The fourth-order valence-corrected chi connectivity index (χ4v) is 4.25. The molecular formula is C28H23NO4. The number of carbonyl (C=O) groups excluding carboxylic acids is 1. The number of rotatable bonds is 5. The summed E-state index contributed by atoms with van der Waals surface area (Å²) >= 11 is 0. The van der Waals surface area contributed by atoms with E-state index in [-0.39, 0.29) is 0 Å². The molecule has 0 amide bonds. The standard InChI is InChI=1S/C28H23NO4/c1-18-14-15-24(25(16-18)32-2)29-21-11-6-10-20(17-21)28(31)26-22(19-8-4-3-5-9-19)12-7-13-23(26)27(30)33-28/h3-17,29,31H,1-2H3. The van der Waals surface area contributed by atoms with Crippen molar-refractivity contribution in [1.82, 2.24) is 0 Å². The van der Waals surface area contributed by atoms with Crippen LogP contribution in [0.25, 0.3) is 11.1 Å². The van der Waals surface area contributed by atoms with Gasteiger partial charge in [0.05, 0.1) is 23.9 Å². The van der Waals surface area contributed by atoms with Gasteiger partial charge in [0.15, 0.2) is 0 Å². The van der Waals surface area contributed by atoms with Gasteiger partial charge in [-0.3, -0.25) is 0 Å². The highest BCUT2D eigenvalue weighted by atomic mass is 16.7. The first-order valence-electron chi connectivity index (χ1n) is 10.7. The maximum Gasteiger partial charge on any atom is 0.341 e. The van der Waals surface area contributed by atoms with Gasteiger partial charge in [0.1, 0.15) is 5.75 Å². The number of nitrogens with one attached hydrogen (secondary N) is 1. The number of aryl methyl sites for hydroxylation is 1. The van der Waals surface area contributed by atoms with Crippen LogP contribution in [0, 0.1) is 6.92 Å². The number of aliphatic hydroxyl groups is 1. The maximum atomic E-state index is 12.7. The van der Waals surface area contributed by atoms with E-state index in [4.69, 9.17) is 9.47 Å². The molecule has 33 heavy (non-hydrogen) atoms. The molecule has 1 atom stereocenters. The monoisotopic (exact) mass is 437 g/mol. The third-order valence-corrected chi connectivity index (χ3v) is 5.84. The van der Waals surface area contributed by atoms with Crippen LogP contribution >= 0.6 is 0 Å². The molecule has 0 aromatic heterocycles. The molecule has 5 nitrogen and oxygen atoms in total. The Balaban J connectivity index is 1.59. The number of anilines is 2. The Morgan fingerprint density at radius 2 is 1.64 bits per heavy atom. The molecule has 1 aliphatic rings. The molecule has 0 aliphatic carbocycles. The summed E-state index contributed by atoms with van der Waals surface area (Å²) in [4.78, 5) is 12.7. The van der Waals surface area contributed by atoms with Crippen LogP contribution in [0.4, 0.5) is 11.4 Å². The van der Waals surface area contributed by atoms with Crippen molar-refractivity contribution >= 4 is 17.3 Å². The largest absolute Gasteiger partial charge is 0.495 e. The predicted molar refractivity (Wildman–Crippen MR) is 128 cm³/mol. The van der Waals surface area contributed by atoms with E-state index >= 15 is 0 Å². The van der Waals surface area contributed by atoms with Gasteiger partial charge in [-0.25, -0.2) is 4.79 Å². The number of esters is 1. The van der Waals surface area contributed by atoms with Crippen molar-refractivity contribution in [3.05, 3.63) is 113 Å². The summed E-state index contributed by atoms with van der Waals surface area (Å²) in [7, 11) is 1.62. The lowest BCUT2D eigenvalue weighted by molar-refractivity contribution is -0.128. The summed E-state index contributed by atoms with van der Waals surface area (Å²) in [6, 6.07) is 28.1. The number of methoxy groups -OCH3 is 1. The molecular weight excluding hydrogens is 414 g/mol. The minimum atomic E-state index is -1.91. The number of ether oxygens (including phenoxy) is 2. The van der Waals surface area contributed by atoms with Crippen LogP contribution < -0.4 is 10.1 Å². The lowest BCUT2D eigenvalue weighted by Crippen LogP contribution is -2.28. The number of hydrogen-bond acceptors (Lipinski definition) is 5. The van der Waals surface area contributed by atoms with Gasteiger partial charge in [-0.05, 0) is 53.9 Å². The van der Waals surface area contributed by atoms with E-state index in [2.05, 4.69) is 5.32 Å².